The van der Waals surface area contributed by atoms with E-state index in [0.29, 0.717) is 30.2 Å². The molecule has 1 fully saturated rings. The van der Waals surface area contributed by atoms with Gasteiger partial charge in [0, 0.05) is 36.3 Å². The molecule has 0 atom stereocenters. The Labute approximate surface area is 124 Å². The molecule has 20 heavy (non-hydrogen) atoms. The molecule has 0 aliphatic carbocycles. The van der Waals surface area contributed by atoms with Crippen LogP contribution in [0.1, 0.15) is 18.4 Å². The average molecular weight is 319 g/mol. The fraction of sp³-hybridized carbons (Fsp3) is 0.538. The number of aromatic hydroxyl groups is 1. The van der Waals surface area contributed by atoms with Crippen LogP contribution in [0.4, 0.5) is 0 Å². The van der Waals surface area contributed by atoms with Gasteiger partial charge in [-0.15, -0.1) is 0 Å². The van der Waals surface area contributed by atoms with Crippen LogP contribution >= 0.6 is 11.6 Å². The highest BCUT2D eigenvalue weighted by molar-refractivity contribution is 7.88. The average Bonchev–Trinajstić information content (AvgIpc) is 2.37. The van der Waals surface area contributed by atoms with E-state index in [1.165, 1.54) is 10.6 Å². The summed E-state index contributed by atoms with van der Waals surface area (Å²) in [6, 6.07) is 5.29. The van der Waals surface area contributed by atoms with Gasteiger partial charge < -0.3 is 10.4 Å². The van der Waals surface area contributed by atoms with E-state index in [-0.39, 0.29) is 11.8 Å². The number of hydrogen-bond acceptors (Lipinski definition) is 4. The zero-order chi connectivity index (χ0) is 14.8. The van der Waals surface area contributed by atoms with Gasteiger partial charge in [-0.05, 0) is 25.0 Å². The molecule has 0 aromatic heterocycles. The zero-order valence-corrected chi connectivity index (χ0v) is 12.9. The molecule has 1 aromatic rings. The number of piperidine rings is 1. The topological polar surface area (TPSA) is 69.6 Å². The van der Waals surface area contributed by atoms with E-state index in [1.807, 2.05) is 0 Å². The Morgan fingerprint density at radius 3 is 2.60 bits per heavy atom. The number of phenols is 1. The molecule has 2 rings (SSSR count). The first-order chi connectivity index (χ1) is 9.38. The molecule has 1 aromatic carbocycles. The van der Waals surface area contributed by atoms with E-state index >= 15 is 0 Å². The number of hydrogen-bond donors (Lipinski definition) is 2. The number of nitrogens with one attached hydrogen (secondary N) is 1. The lowest BCUT2D eigenvalue weighted by atomic mass is 10.1. The number of phenolic OH excluding ortho intramolecular Hbond substituents is 1. The van der Waals surface area contributed by atoms with Crippen molar-refractivity contribution in [3.63, 3.8) is 0 Å². The molecule has 1 aliphatic heterocycles. The molecule has 1 aliphatic rings. The molecule has 112 valence electrons. The third-order valence-corrected chi connectivity index (χ3v) is 5.24. The highest BCUT2D eigenvalue weighted by Gasteiger charge is 2.24. The van der Waals surface area contributed by atoms with Crippen molar-refractivity contribution in [1.82, 2.24) is 9.62 Å². The van der Waals surface area contributed by atoms with Crippen molar-refractivity contribution in [2.75, 3.05) is 19.3 Å². The number of halogens is 1. The van der Waals surface area contributed by atoms with Crippen LogP contribution in [0.2, 0.25) is 5.02 Å². The molecular weight excluding hydrogens is 300 g/mol. The van der Waals surface area contributed by atoms with Gasteiger partial charge in [0.05, 0.1) is 6.26 Å². The van der Waals surface area contributed by atoms with Gasteiger partial charge in [0.2, 0.25) is 10.0 Å². The first-order valence-corrected chi connectivity index (χ1v) is 8.75. The highest BCUT2D eigenvalue weighted by Crippen LogP contribution is 2.25. The normalized spacial score (nSPS) is 18.3. The van der Waals surface area contributed by atoms with Gasteiger partial charge in [-0.3, -0.25) is 0 Å². The standard InChI is InChI=1S/C13H19ClN2O3S/c1-20(18,19)16-7-5-10(6-8-16)15-9-11-12(14)3-2-4-13(11)17/h2-4,10,15,17H,5-9H2,1H3. The van der Waals surface area contributed by atoms with Crippen molar-refractivity contribution in [2.24, 2.45) is 0 Å². The largest absolute Gasteiger partial charge is 0.508 e. The molecule has 0 radical (unpaired) electrons. The fourth-order valence-corrected chi connectivity index (χ4v) is 3.47. The summed E-state index contributed by atoms with van der Waals surface area (Å²) in [5, 5.41) is 13.6. The maximum absolute atomic E-state index is 11.4. The van der Waals surface area contributed by atoms with Gasteiger partial charge in [-0.2, -0.15) is 0 Å². The lowest BCUT2D eigenvalue weighted by Crippen LogP contribution is -2.44. The Bertz CT molecular complexity index is 549. The Morgan fingerprint density at radius 2 is 2.05 bits per heavy atom. The second-order valence-corrected chi connectivity index (χ2v) is 7.44. The van der Waals surface area contributed by atoms with Gasteiger partial charge in [-0.1, -0.05) is 17.7 Å². The van der Waals surface area contributed by atoms with Crippen LogP contribution in [0.5, 0.6) is 5.75 Å². The van der Waals surface area contributed by atoms with Gasteiger partial charge in [0.25, 0.3) is 0 Å². The lowest BCUT2D eigenvalue weighted by molar-refractivity contribution is 0.289. The summed E-state index contributed by atoms with van der Waals surface area (Å²) in [5.41, 5.74) is 0.680. The quantitative estimate of drug-likeness (QED) is 0.884. The molecular formula is C13H19ClN2O3S. The van der Waals surface area contributed by atoms with Gasteiger partial charge in [-0.25, -0.2) is 12.7 Å². The van der Waals surface area contributed by atoms with E-state index in [0.717, 1.165) is 12.8 Å². The maximum Gasteiger partial charge on any atom is 0.211 e. The van der Waals surface area contributed by atoms with Crippen LogP contribution in [0, 0.1) is 0 Å². The number of nitrogens with zero attached hydrogens (tertiary/aromatic N) is 1. The third kappa shape index (κ3) is 3.85. The molecule has 0 saturated carbocycles. The molecule has 0 amide bonds. The number of sulfonamides is 1. The van der Waals surface area contributed by atoms with Crippen molar-refractivity contribution >= 4 is 21.6 Å². The maximum atomic E-state index is 11.4. The summed E-state index contributed by atoms with van der Waals surface area (Å²) in [5.74, 6) is 0.179. The summed E-state index contributed by atoms with van der Waals surface area (Å²) in [6.07, 6.45) is 2.76. The molecule has 0 unspecified atom stereocenters. The second-order valence-electron chi connectivity index (χ2n) is 5.05. The van der Waals surface area contributed by atoms with E-state index in [4.69, 9.17) is 11.6 Å². The van der Waals surface area contributed by atoms with Crippen molar-refractivity contribution in [2.45, 2.75) is 25.4 Å². The van der Waals surface area contributed by atoms with Crippen LogP contribution in [0.15, 0.2) is 18.2 Å². The van der Waals surface area contributed by atoms with Crippen molar-refractivity contribution in [3.8, 4) is 5.75 Å². The van der Waals surface area contributed by atoms with E-state index < -0.39 is 10.0 Å². The van der Waals surface area contributed by atoms with E-state index in [2.05, 4.69) is 5.32 Å². The summed E-state index contributed by atoms with van der Waals surface area (Å²) in [7, 11) is -3.09. The fourth-order valence-electron chi connectivity index (χ4n) is 2.36. The first kappa shape index (κ1) is 15.6. The van der Waals surface area contributed by atoms with Crippen LogP contribution in [-0.2, 0) is 16.6 Å². The van der Waals surface area contributed by atoms with Gasteiger partial charge in [0.1, 0.15) is 5.75 Å². The van der Waals surface area contributed by atoms with Crippen LogP contribution in [0.25, 0.3) is 0 Å². The summed E-state index contributed by atoms with van der Waals surface area (Å²) in [6.45, 7) is 1.55. The summed E-state index contributed by atoms with van der Waals surface area (Å²) >= 11 is 6.04. The summed E-state index contributed by atoms with van der Waals surface area (Å²) < 4.78 is 24.3. The predicted molar refractivity (Wildman–Crippen MR) is 79.4 cm³/mol. The van der Waals surface area contributed by atoms with Crippen molar-refractivity contribution in [3.05, 3.63) is 28.8 Å². The number of rotatable bonds is 4. The van der Waals surface area contributed by atoms with Crippen LogP contribution in [0.3, 0.4) is 0 Å². The molecule has 7 heteroatoms. The van der Waals surface area contributed by atoms with Crippen LogP contribution in [-0.4, -0.2) is 43.2 Å². The van der Waals surface area contributed by atoms with Gasteiger partial charge in [0.15, 0.2) is 0 Å². The smallest absolute Gasteiger partial charge is 0.211 e. The van der Waals surface area contributed by atoms with E-state index in [9.17, 15) is 13.5 Å². The van der Waals surface area contributed by atoms with Gasteiger partial charge >= 0.3 is 0 Å². The minimum absolute atomic E-state index is 0.179. The number of benzene rings is 1. The molecule has 1 heterocycles. The Morgan fingerprint density at radius 1 is 1.40 bits per heavy atom. The SMILES string of the molecule is CS(=O)(=O)N1CCC(NCc2c(O)cccc2Cl)CC1. The third-order valence-electron chi connectivity index (χ3n) is 3.58. The predicted octanol–water partition coefficient (Wildman–Crippen LogP) is 1.56. The Kier molecular flexibility index (Phi) is 4.90. The van der Waals surface area contributed by atoms with Crippen molar-refractivity contribution in [1.29, 1.82) is 0 Å². The molecule has 5 nitrogen and oxygen atoms in total. The molecule has 2 N–H and O–H groups in total. The zero-order valence-electron chi connectivity index (χ0n) is 11.3. The Hall–Kier alpha value is -0.820. The second kappa shape index (κ2) is 6.30. The first-order valence-electron chi connectivity index (χ1n) is 6.53. The lowest BCUT2D eigenvalue weighted by Gasteiger charge is -2.30. The monoisotopic (exact) mass is 318 g/mol. The summed E-state index contributed by atoms with van der Waals surface area (Å²) in [4.78, 5) is 0. The highest BCUT2D eigenvalue weighted by atomic mass is 35.5. The van der Waals surface area contributed by atoms with Crippen molar-refractivity contribution < 1.29 is 13.5 Å². The molecule has 1 saturated heterocycles. The minimum atomic E-state index is -3.09. The van der Waals surface area contributed by atoms with E-state index in [1.54, 1.807) is 18.2 Å². The van der Waals surface area contributed by atoms with Crippen LogP contribution < -0.4 is 5.32 Å². The molecule has 0 bridgehead atoms. The minimum Gasteiger partial charge on any atom is -0.508 e. The Balaban J connectivity index is 1.88. The molecule has 0 spiro atoms.